The Morgan fingerprint density at radius 2 is 2.04 bits per heavy atom. The zero-order valence-corrected chi connectivity index (χ0v) is 16.3. The van der Waals surface area contributed by atoms with E-state index in [1.165, 1.54) is 16.2 Å². The highest BCUT2D eigenvalue weighted by Gasteiger charge is 2.31. The van der Waals surface area contributed by atoms with Crippen LogP contribution in [0.3, 0.4) is 0 Å². The number of hydrogen-bond donors (Lipinski definition) is 0. The summed E-state index contributed by atoms with van der Waals surface area (Å²) in [5.41, 5.74) is 1.26. The van der Waals surface area contributed by atoms with E-state index in [4.69, 9.17) is 11.6 Å². The maximum atomic E-state index is 12.6. The van der Waals surface area contributed by atoms with Crippen molar-refractivity contribution in [2.45, 2.75) is 19.4 Å². The molecule has 0 radical (unpaired) electrons. The number of thiophene rings is 1. The van der Waals surface area contributed by atoms with Crippen molar-refractivity contribution in [2.75, 3.05) is 13.1 Å². The number of benzene rings is 1. The Morgan fingerprint density at radius 3 is 2.74 bits per heavy atom. The number of carbonyl (C=O) groups excluding carboxylic acids is 3. The molecule has 2 heterocycles. The second-order valence-corrected chi connectivity index (χ2v) is 8.00. The Morgan fingerprint density at radius 1 is 1.26 bits per heavy atom. The number of fused-ring (bicyclic) bond motifs is 1. The van der Waals surface area contributed by atoms with Crippen molar-refractivity contribution in [3.63, 3.8) is 0 Å². The number of halogens is 1. The summed E-state index contributed by atoms with van der Waals surface area (Å²) in [5, 5.41) is 0. The van der Waals surface area contributed by atoms with Crippen LogP contribution in [0, 0.1) is 0 Å². The molecule has 27 heavy (non-hydrogen) atoms. The first-order chi connectivity index (χ1) is 13.0. The number of nitrogens with zero attached hydrogens (tertiary/aromatic N) is 2. The number of rotatable bonds is 7. The molecule has 2 aromatic rings. The van der Waals surface area contributed by atoms with Gasteiger partial charge in [0.1, 0.15) is 0 Å². The highest BCUT2D eigenvalue weighted by atomic mass is 35.5. The van der Waals surface area contributed by atoms with Gasteiger partial charge < -0.3 is 4.90 Å². The largest absolute Gasteiger partial charge is 0.334 e. The third-order valence-electron chi connectivity index (χ3n) is 4.36. The van der Waals surface area contributed by atoms with Crippen LogP contribution < -0.4 is 0 Å². The second kappa shape index (κ2) is 8.50. The van der Waals surface area contributed by atoms with E-state index in [1.54, 1.807) is 35.2 Å². The quantitative estimate of drug-likeness (QED) is 0.525. The van der Waals surface area contributed by atoms with Gasteiger partial charge in [-0.2, -0.15) is 0 Å². The predicted octanol–water partition coefficient (Wildman–Crippen LogP) is 3.53. The summed E-state index contributed by atoms with van der Waals surface area (Å²) in [4.78, 5) is 41.3. The molecule has 0 aliphatic carbocycles. The second-order valence-electron chi connectivity index (χ2n) is 6.20. The molecule has 0 N–H and O–H groups in total. The Hall–Kier alpha value is -2.44. The standard InChI is InChI=1S/C20H19ClN2O3S/c1-2-10-22(13-15-7-8-17(21)27-15)18(24)9-11-23-19(25)12-14-5-3-4-6-16(14)20(23)26/h2-8H,1,9-13H2. The summed E-state index contributed by atoms with van der Waals surface area (Å²) in [5.74, 6) is -0.749. The van der Waals surface area contributed by atoms with Crippen molar-refractivity contribution in [3.8, 4) is 0 Å². The maximum absolute atomic E-state index is 12.6. The van der Waals surface area contributed by atoms with Crippen LogP contribution in [-0.4, -0.2) is 40.6 Å². The fourth-order valence-corrected chi connectivity index (χ4v) is 4.13. The summed E-state index contributed by atoms with van der Waals surface area (Å²) in [6.07, 6.45) is 1.91. The van der Waals surface area contributed by atoms with Crippen molar-refractivity contribution < 1.29 is 14.4 Å². The van der Waals surface area contributed by atoms with E-state index in [0.717, 1.165) is 10.4 Å². The van der Waals surface area contributed by atoms with Crippen LogP contribution in [0.5, 0.6) is 0 Å². The summed E-state index contributed by atoms with van der Waals surface area (Å²) in [7, 11) is 0. The zero-order chi connectivity index (χ0) is 19.4. The monoisotopic (exact) mass is 402 g/mol. The number of imide groups is 1. The maximum Gasteiger partial charge on any atom is 0.260 e. The molecule has 1 aliphatic rings. The lowest BCUT2D eigenvalue weighted by atomic mass is 9.98. The van der Waals surface area contributed by atoms with E-state index in [1.807, 2.05) is 12.1 Å². The van der Waals surface area contributed by atoms with Gasteiger partial charge >= 0.3 is 0 Å². The van der Waals surface area contributed by atoms with E-state index in [9.17, 15) is 14.4 Å². The highest BCUT2D eigenvalue weighted by Crippen LogP contribution is 2.23. The first-order valence-electron chi connectivity index (χ1n) is 8.55. The summed E-state index contributed by atoms with van der Waals surface area (Å²) in [6.45, 7) is 4.58. The number of carbonyl (C=O) groups is 3. The van der Waals surface area contributed by atoms with Gasteiger partial charge in [-0.25, -0.2) is 0 Å². The van der Waals surface area contributed by atoms with Crippen LogP contribution in [0.1, 0.15) is 27.2 Å². The van der Waals surface area contributed by atoms with Crippen LogP contribution >= 0.6 is 22.9 Å². The molecular weight excluding hydrogens is 384 g/mol. The smallest absolute Gasteiger partial charge is 0.260 e. The van der Waals surface area contributed by atoms with E-state index in [-0.39, 0.29) is 37.1 Å². The fraction of sp³-hybridized carbons (Fsp3) is 0.250. The highest BCUT2D eigenvalue weighted by molar-refractivity contribution is 7.16. The van der Waals surface area contributed by atoms with Gasteiger partial charge in [0.05, 0.1) is 17.3 Å². The zero-order valence-electron chi connectivity index (χ0n) is 14.7. The normalized spacial score (nSPS) is 13.4. The van der Waals surface area contributed by atoms with Gasteiger partial charge in [-0.1, -0.05) is 35.9 Å². The molecule has 3 amide bonds. The third kappa shape index (κ3) is 4.46. The first-order valence-corrected chi connectivity index (χ1v) is 9.74. The van der Waals surface area contributed by atoms with Crippen LogP contribution in [-0.2, 0) is 22.6 Å². The molecule has 1 aromatic carbocycles. The summed E-state index contributed by atoms with van der Waals surface area (Å²) in [6, 6.07) is 10.7. The molecule has 3 rings (SSSR count). The van der Waals surface area contributed by atoms with Crippen LogP contribution in [0.4, 0.5) is 0 Å². The minimum absolute atomic E-state index is 0.0731. The molecule has 0 atom stereocenters. The van der Waals surface area contributed by atoms with Gasteiger partial charge in [-0.3, -0.25) is 19.3 Å². The lowest BCUT2D eigenvalue weighted by Crippen LogP contribution is -2.44. The molecule has 0 fully saturated rings. The molecule has 0 unspecified atom stereocenters. The Labute approximate surface area is 166 Å². The molecule has 0 spiro atoms. The Bertz CT molecular complexity index is 893. The van der Waals surface area contributed by atoms with Gasteiger partial charge in [0, 0.05) is 30.0 Å². The van der Waals surface area contributed by atoms with Crippen molar-refractivity contribution in [3.05, 3.63) is 69.4 Å². The minimum atomic E-state index is -0.338. The topological polar surface area (TPSA) is 57.7 Å². The average molecular weight is 403 g/mol. The van der Waals surface area contributed by atoms with E-state index >= 15 is 0 Å². The predicted molar refractivity (Wildman–Crippen MR) is 106 cm³/mol. The number of amides is 3. The van der Waals surface area contributed by atoms with Crippen molar-refractivity contribution in [1.82, 2.24) is 9.80 Å². The fourth-order valence-electron chi connectivity index (χ4n) is 3.03. The van der Waals surface area contributed by atoms with Crippen molar-refractivity contribution in [2.24, 2.45) is 0 Å². The molecule has 0 saturated heterocycles. The average Bonchev–Trinajstić information content (AvgIpc) is 3.06. The van der Waals surface area contributed by atoms with Gasteiger partial charge in [0.15, 0.2) is 0 Å². The summed E-state index contributed by atoms with van der Waals surface area (Å²) < 4.78 is 0.666. The van der Waals surface area contributed by atoms with E-state index in [0.29, 0.717) is 23.0 Å². The summed E-state index contributed by atoms with van der Waals surface area (Å²) >= 11 is 7.37. The van der Waals surface area contributed by atoms with Crippen LogP contribution in [0.15, 0.2) is 49.1 Å². The van der Waals surface area contributed by atoms with Gasteiger partial charge in [0.25, 0.3) is 5.91 Å². The first kappa shape index (κ1) is 19.3. The van der Waals surface area contributed by atoms with Gasteiger partial charge in [0.2, 0.25) is 11.8 Å². The van der Waals surface area contributed by atoms with Crippen molar-refractivity contribution >= 4 is 40.7 Å². The van der Waals surface area contributed by atoms with E-state index < -0.39 is 0 Å². The molecular formula is C20H19ClN2O3S. The van der Waals surface area contributed by atoms with E-state index in [2.05, 4.69) is 6.58 Å². The lowest BCUT2D eigenvalue weighted by Gasteiger charge is -2.28. The molecule has 5 nitrogen and oxygen atoms in total. The molecule has 1 aliphatic heterocycles. The Balaban J connectivity index is 1.65. The van der Waals surface area contributed by atoms with Crippen molar-refractivity contribution in [1.29, 1.82) is 0 Å². The van der Waals surface area contributed by atoms with Crippen LogP contribution in [0.25, 0.3) is 0 Å². The SMILES string of the molecule is C=CCN(Cc1ccc(Cl)s1)C(=O)CCN1C(=O)Cc2ccccc2C1=O. The lowest BCUT2D eigenvalue weighted by molar-refractivity contribution is -0.132. The van der Waals surface area contributed by atoms with Gasteiger partial charge in [-0.05, 0) is 23.8 Å². The minimum Gasteiger partial charge on any atom is -0.334 e. The molecule has 7 heteroatoms. The molecule has 0 saturated carbocycles. The Kier molecular flexibility index (Phi) is 6.08. The molecule has 1 aromatic heterocycles. The third-order valence-corrected chi connectivity index (χ3v) is 5.58. The van der Waals surface area contributed by atoms with Crippen LogP contribution in [0.2, 0.25) is 4.34 Å². The van der Waals surface area contributed by atoms with Gasteiger partial charge in [-0.15, -0.1) is 17.9 Å². The molecule has 140 valence electrons. The molecule has 0 bridgehead atoms. The number of hydrogen-bond acceptors (Lipinski definition) is 4.